The van der Waals surface area contributed by atoms with Gasteiger partial charge >= 0.3 is 5.97 Å². The number of hydrogen-bond donors (Lipinski definition) is 1. The molecule has 1 rings (SSSR count). The van der Waals surface area contributed by atoms with Crippen LogP contribution in [0, 0.1) is 0 Å². The zero-order chi connectivity index (χ0) is 15.0. The Labute approximate surface area is 118 Å². The molecule has 0 spiro atoms. The Kier molecular flexibility index (Phi) is 6.36. The maximum atomic E-state index is 11.9. The molecule has 0 saturated heterocycles. The van der Waals surface area contributed by atoms with Gasteiger partial charge in [-0.1, -0.05) is 6.92 Å². The molecular weight excluding hydrogens is 262 g/mol. The van der Waals surface area contributed by atoms with E-state index in [1.165, 1.54) is 20.3 Å². The summed E-state index contributed by atoms with van der Waals surface area (Å²) in [4.78, 5) is 23.2. The van der Waals surface area contributed by atoms with Crippen molar-refractivity contribution in [2.24, 2.45) is 0 Å². The standard InChI is InChI=1S/C14H19NO5/c1-4-7-15-13(16)9-20-14(17)11-6-5-10(18-2)8-12(11)19-3/h5-6,8H,4,7,9H2,1-3H3,(H,15,16). The van der Waals surface area contributed by atoms with Gasteiger partial charge in [0.1, 0.15) is 17.1 Å². The van der Waals surface area contributed by atoms with E-state index in [0.717, 1.165) is 6.42 Å². The van der Waals surface area contributed by atoms with E-state index < -0.39 is 5.97 Å². The summed E-state index contributed by atoms with van der Waals surface area (Å²) in [5.41, 5.74) is 0.247. The molecule has 0 radical (unpaired) electrons. The van der Waals surface area contributed by atoms with Crippen LogP contribution in [0.15, 0.2) is 18.2 Å². The van der Waals surface area contributed by atoms with Crippen LogP contribution in [0.25, 0.3) is 0 Å². The molecule has 1 amide bonds. The lowest BCUT2D eigenvalue weighted by atomic mass is 10.2. The maximum Gasteiger partial charge on any atom is 0.342 e. The molecule has 0 aliphatic carbocycles. The fourth-order valence-corrected chi connectivity index (χ4v) is 1.49. The lowest BCUT2D eigenvalue weighted by molar-refractivity contribution is -0.124. The van der Waals surface area contributed by atoms with Gasteiger partial charge in [0.2, 0.25) is 0 Å². The van der Waals surface area contributed by atoms with Crippen LogP contribution in [0.4, 0.5) is 0 Å². The summed E-state index contributed by atoms with van der Waals surface area (Å²) in [6, 6.07) is 4.73. The van der Waals surface area contributed by atoms with Crippen molar-refractivity contribution in [3.05, 3.63) is 23.8 Å². The number of methoxy groups -OCH3 is 2. The van der Waals surface area contributed by atoms with Crippen molar-refractivity contribution in [1.29, 1.82) is 0 Å². The van der Waals surface area contributed by atoms with Gasteiger partial charge in [-0.05, 0) is 18.6 Å². The Bertz CT molecular complexity index is 473. The van der Waals surface area contributed by atoms with Crippen LogP contribution in [-0.2, 0) is 9.53 Å². The number of carbonyl (C=O) groups is 2. The van der Waals surface area contributed by atoms with Crippen molar-refractivity contribution >= 4 is 11.9 Å². The smallest absolute Gasteiger partial charge is 0.342 e. The molecule has 1 aromatic carbocycles. The summed E-state index contributed by atoms with van der Waals surface area (Å²) in [5.74, 6) is -0.0359. The van der Waals surface area contributed by atoms with Gasteiger partial charge in [-0.15, -0.1) is 0 Å². The number of benzene rings is 1. The van der Waals surface area contributed by atoms with Crippen molar-refractivity contribution < 1.29 is 23.8 Å². The molecule has 0 aromatic heterocycles. The predicted molar refractivity (Wildman–Crippen MR) is 73.1 cm³/mol. The number of rotatable bonds is 7. The molecule has 0 fully saturated rings. The minimum atomic E-state index is -0.615. The number of esters is 1. The molecule has 1 N–H and O–H groups in total. The van der Waals surface area contributed by atoms with Crippen molar-refractivity contribution in [2.45, 2.75) is 13.3 Å². The number of nitrogens with one attached hydrogen (secondary N) is 1. The van der Waals surface area contributed by atoms with E-state index in [1.54, 1.807) is 12.1 Å². The Morgan fingerprint density at radius 1 is 1.20 bits per heavy atom. The van der Waals surface area contributed by atoms with Crippen molar-refractivity contribution in [3.63, 3.8) is 0 Å². The molecule has 0 atom stereocenters. The van der Waals surface area contributed by atoms with E-state index in [2.05, 4.69) is 5.32 Å². The summed E-state index contributed by atoms with van der Waals surface area (Å²) in [6.45, 7) is 2.19. The Morgan fingerprint density at radius 3 is 2.55 bits per heavy atom. The zero-order valence-corrected chi connectivity index (χ0v) is 11.9. The Balaban J connectivity index is 2.65. The third kappa shape index (κ3) is 4.46. The average Bonchev–Trinajstić information content (AvgIpc) is 2.49. The van der Waals surface area contributed by atoms with Gasteiger partial charge < -0.3 is 19.5 Å². The highest BCUT2D eigenvalue weighted by Gasteiger charge is 2.16. The van der Waals surface area contributed by atoms with Crippen molar-refractivity contribution in [1.82, 2.24) is 5.32 Å². The van der Waals surface area contributed by atoms with Crippen LogP contribution >= 0.6 is 0 Å². The second-order valence-corrected chi connectivity index (χ2v) is 3.99. The Hall–Kier alpha value is -2.24. The van der Waals surface area contributed by atoms with E-state index in [-0.39, 0.29) is 18.1 Å². The molecule has 6 nitrogen and oxygen atoms in total. The number of amides is 1. The summed E-state index contributed by atoms with van der Waals surface area (Å²) in [5, 5.41) is 2.62. The topological polar surface area (TPSA) is 73.9 Å². The van der Waals surface area contributed by atoms with E-state index in [4.69, 9.17) is 14.2 Å². The fraction of sp³-hybridized carbons (Fsp3) is 0.429. The molecule has 1 aromatic rings. The average molecular weight is 281 g/mol. The minimum absolute atomic E-state index is 0.247. The zero-order valence-electron chi connectivity index (χ0n) is 11.9. The van der Waals surface area contributed by atoms with E-state index in [1.807, 2.05) is 6.92 Å². The SMILES string of the molecule is CCCNC(=O)COC(=O)c1ccc(OC)cc1OC. The normalized spacial score (nSPS) is 9.75. The van der Waals surface area contributed by atoms with Crippen LogP contribution in [0.3, 0.4) is 0 Å². The van der Waals surface area contributed by atoms with Gasteiger partial charge in [0.05, 0.1) is 14.2 Å². The number of carbonyl (C=O) groups excluding carboxylic acids is 2. The summed E-state index contributed by atoms with van der Waals surface area (Å²) in [6.07, 6.45) is 0.825. The van der Waals surface area contributed by atoms with E-state index >= 15 is 0 Å². The lowest BCUT2D eigenvalue weighted by Gasteiger charge is -2.10. The van der Waals surface area contributed by atoms with Crippen LogP contribution in [-0.4, -0.2) is 39.2 Å². The largest absolute Gasteiger partial charge is 0.497 e. The molecule has 0 unspecified atom stereocenters. The fourth-order valence-electron chi connectivity index (χ4n) is 1.49. The molecule has 0 aliphatic rings. The van der Waals surface area contributed by atoms with Crippen LogP contribution in [0.2, 0.25) is 0 Å². The lowest BCUT2D eigenvalue weighted by Crippen LogP contribution is -2.29. The van der Waals surface area contributed by atoms with Crippen molar-refractivity contribution in [2.75, 3.05) is 27.4 Å². The maximum absolute atomic E-state index is 11.9. The van der Waals surface area contributed by atoms with E-state index in [9.17, 15) is 9.59 Å². The highest BCUT2D eigenvalue weighted by Crippen LogP contribution is 2.25. The molecule has 0 bridgehead atoms. The first-order valence-corrected chi connectivity index (χ1v) is 6.28. The van der Waals surface area contributed by atoms with Crippen LogP contribution in [0.5, 0.6) is 11.5 Å². The number of hydrogen-bond acceptors (Lipinski definition) is 5. The van der Waals surface area contributed by atoms with E-state index in [0.29, 0.717) is 18.0 Å². The van der Waals surface area contributed by atoms with Gasteiger partial charge in [-0.25, -0.2) is 4.79 Å². The molecule has 0 aliphatic heterocycles. The first-order valence-electron chi connectivity index (χ1n) is 6.28. The second kappa shape index (κ2) is 8.04. The molecule has 0 heterocycles. The van der Waals surface area contributed by atoms with Gasteiger partial charge in [0.15, 0.2) is 6.61 Å². The highest BCUT2D eigenvalue weighted by molar-refractivity contribution is 5.94. The monoisotopic (exact) mass is 281 g/mol. The predicted octanol–water partition coefficient (Wildman–Crippen LogP) is 1.39. The van der Waals surface area contributed by atoms with Crippen molar-refractivity contribution in [3.8, 4) is 11.5 Å². The summed E-state index contributed by atoms with van der Waals surface area (Å²) < 4.78 is 15.1. The third-order valence-electron chi connectivity index (χ3n) is 2.54. The van der Waals surface area contributed by atoms with Crippen LogP contribution < -0.4 is 14.8 Å². The van der Waals surface area contributed by atoms with Gasteiger partial charge in [-0.2, -0.15) is 0 Å². The highest BCUT2D eigenvalue weighted by atomic mass is 16.5. The molecular formula is C14H19NO5. The minimum Gasteiger partial charge on any atom is -0.497 e. The first kappa shape index (κ1) is 15.8. The van der Waals surface area contributed by atoms with Gasteiger partial charge in [0, 0.05) is 12.6 Å². The second-order valence-electron chi connectivity index (χ2n) is 3.99. The molecule has 20 heavy (non-hydrogen) atoms. The molecule has 110 valence electrons. The first-order chi connectivity index (χ1) is 9.62. The molecule has 6 heteroatoms. The summed E-state index contributed by atoms with van der Waals surface area (Å²) in [7, 11) is 2.96. The third-order valence-corrected chi connectivity index (χ3v) is 2.54. The van der Waals surface area contributed by atoms with Gasteiger partial charge in [-0.3, -0.25) is 4.79 Å². The van der Waals surface area contributed by atoms with Gasteiger partial charge in [0.25, 0.3) is 5.91 Å². The number of ether oxygens (including phenoxy) is 3. The summed E-state index contributed by atoms with van der Waals surface area (Å²) >= 11 is 0. The Morgan fingerprint density at radius 2 is 1.95 bits per heavy atom. The van der Waals surface area contributed by atoms with Crippen LogP contribution in [0.1, 0.15) is 23.7 Å². The molecule has 0 saturated carbocycles. The quantitative estimate of drug-likeness (QED) is 0.764.